The summed E-state index contributed by atoms with van der Waals surface area (Å²) in [5.74, 6) is -0.0940. The van der Waals surface area contributed by atoms with Crippen molar-refractivity contribution < 1.29 is 14.3 Å². The summed E-state index contributed by atoms with van der Waals surface area (Å²) in [5.41, 5.74) is 0.977. The summed E-state index contributed by atoms with van der Waals surface area (Å²) in [6.45, 7) is 1.72. The summed E-state index contributed by atoms with van der Waals surface area (Å²) >= 11 is 6.03. The Labute approximate surface area is 123 Å². The fourth-order valence-electron chi connectivity index (χ4n) is 2.70. The van der Waals surface area contributed by atoms with Gasteiger partial charge in [0, 0.05) is 31.3 Å². The number of esters is 1. The van der Waals surface area contributed by atoms with E-state index in [4.69, 9.17) is 16.3 Å². The van der Waals surface area contributed by atoms with Gasteiger partial charge in [0.15, 0.2) is 0 Å². The lowest BCUT2D eigenvalue weighted by atomic mass is 9.85. The van der Waals surface area contributed by atoms with Crippen LogP contribution in [0.25, 0.3) is 0 Å². The normalized spacial score (nSPS) is 22.8. The largest absolute Gasteiger partial charge is 0.465 e. The van der Waals surface area contributed by atoms with Crippen molar-refractivity contribution in [2.75, 3.05) is 13.7 Å². The molecule has 20 heavy (non-hydrogen) atoms. The van der Waals surface area contributed by atoms with E-state index in [-0.39, 0.29) is 23.8 Å². The van der Waals surface area contributed by atoms with Crippen molar-refractivity contribution in [2.45, 2.75) is 25.8 Å². The molecule has 1 aromatic rings. The Kier molecular flexibility index (Phi) is 4.65. The van der Waals surface area contributed by atoms with E-state index in [0.717, 1.165) is 5.56 Å². The number of hydrogen-bond acceptors (Lipinski definition) is 3. The molecule has 5 heteroatoms. The van der Waals surface area contributed by atoms with Crippen LogP contribution in [-0.2, 0) is 14.3 Å². The van der Waals surface area contributed by atoms with Crippen LogP contribution in [0.3, 0.4) is 0 Å². The summed E-state index contributed by atoms with van der Waals surface area (Å²) < 4.78 is 5.14. The fraction of sp³-hybridized carbons (Fsp3) is 0.467. The van der Waals surface area contributed by atoms with Gasteiger partial charge in [-0.25, -0.2) is 0 Å². The first kappa shape index (κ1) is 14.9. The molecular formula is C15H18ClNO3. The Morgan fingerprint density at radius 1 is 1.50 bits per heavy atom. The number of rotatable bonds is 3. The number of ether oxygens (including phenoxy) is 1. The Bertz CT molecular complexity index is 518. The maximum Gasteiger partial charge on any atom is 0.302 e. The SMILES string of the molecule is CC(=O)OC[C@@H]1CCC(=O)N(C)[C@@H]1c1cccc(Cl)c1. The van der Waals surface area contributed by atoms with E-state index in [9.17, 15) is 9.59 Å². The zero-order valence-electron chi connectivity index (χ0n) is 11.6. The van der Waals surface area contributed by atoms with Crippen LogP contribution in [0.2, 0.25) is 5.02 Å². The topological polar surface area (TPSA) is 46.6 Å². The molecule has 2 atom stereocenters. The average Bonchev–Trinajstić information content (AvgIpc) is 2.40. The zero-order valence-corrected chi connectivity index (χ0v) is 12.4. The van der Waals surface area contributed by atoms with Crippen LogP contribution >= 0.6 is 11.6 Å². The molecule has 0 radical (unpaired) electrons. The summed E-state index contributed by atoms with van der Waals surface area (Å²) in [7, 11) is 1.79. The summed E-state index contributed by atoms with van der Waals surface area (Å²) in [5, 5.41) is 0.639. The van der Waals surface area contributed by atoms with Crippen LogP contribution < -0.4 is 0 Å². The van der Waals surface area contributed by atoms with Gasteiger partial charge in [0.05, 0.1) is 12.6 Å². The third kappa shape index (κ3) is 3.31. The van der Waals surface area contributed by atoms with E-state index in [1.54, 1.807) is 18.0 Å². The molecule has 0 bridgehead atoms. The number of carbonyl (C=O) groups is 2. The molecule has 4 nitrogen and oxygen atoms in total. The van der Waals surface area contributed by atoms with E-state index in [1.165, 1.54) is 6.92 Å². The fourth-order valence-corrected chi connectivity index (χ4v) is 2.90. The molecule has 1 fully saturated rings. The molecule has 0 unspecified atom stereocenters. The van der Waals surface area contributed by atoms with Crippen molar-refractivity contribution >= 4 is 23.5 Å². The van der Waals surface area contributed by atoms with Gasteiger partial charge in [-0.1, -0.05) is 23.7 Å². The standard InChI is InChI=1S/C15H18ClNO3/c1-10(18)20-9-12-6-7-14(19)17(2)15(12)11-4-3-5-13(16)8-11/h3-5,8,12,15H,6-7,9H2,1-2H3/t12-,15+/m0/s1. The third-order valence-electron chi connectivity index (χ3n) is 3.68. The molecule has 1 heterocycles. The van der Waals surface area contributed by atoms with Crippen molar-refractivity contribution in [1.29, 1.82) is 0 Å². The van der Waals surface area contributed by atoms with Gasteiger partial charge in [0.1, 0.15) is 0 Å². The second-order valence-corrected chi connectivity index (χ2v) is 5.54. The van der Waals surface area contributed by atoms with Gasteiger partial charge in [-0.2, -0.15) is 0 Å². The number of hydrogen-bond donors (Lipinski definition) is 0. The number of carbonyl (C=O) groups excluding carboxylic acids is 2. The molecule has 0 spiro atoms. The van der Waals surface area contributed by atoms with E-state index in [1.807, 2.05) is 18.2 Å². The number of nitrogens with zero attached hydrogens (tertiary/aromatic N) is 1. The quantitative estimate of drug-likeness (QED) is 0.806. The number of likely N-dealkylation sites (tertiary alicyclic amines) is 1. The molecule has 1 aromatic carbocycles. The van der Waals surface area contributed by atoms with Crippen molar-refractivity contribution in [3.8, 4) is 0 Å². The van der Waals surface area contributed by atoms with Crippen molar-refractivity contribution in [2.24, 2.45) is 5.92 Å². The van der Waals surface area contributed by atoms with Gasteiger partial charge >= 0.3 is 5.97 Å². The average molecular weight is 296 g/mol. The van der Waals surface area contributed by atoms with Crippen LogP contribution in [0.1, 0.15) is 31.4 Å². The number of halogens is 1. The van der Waals surface area contributed by atoms with Crippen LogP contribution in [0.4, 0.5) is 0 Å². The number of benzene rings is 1. The molecule has 0 aromatic heterocycles. The van der Waals surface area contributed by atoms with Gasteiger partial charge in [-0.15, -0.1) is 0 Å². The van der Waals surface area contributed by atoms with Crippen LogP contribution in [0, 0.1) is 5.92 Å². The predicted molar refractivity (Wildman–Crippen MR) is 76.3 cm³/mol. The molecule has 108 valence electrons. The van der Waals surface area contributed by atoms with Crippen LogP contribution in [0.5, 0.6) is 0 Å². The second-order valence-electron chi connectivity index (χ2n) is 5.11. The number of piperidine rings is 1. The molecule has 0 N–H and O–H groups in total. The lowest BCUT2D eigenvalue weighted by Gasteiger charge is -2.39. The Morgan fingerprint density at radius 2 is 2.25 bits per heavy atom. The minimum absolute atomic E-state index is 0.0973. The Balaban J connectivity index is 2.25. The third-order valence-corrected chi connectivity index (χ3v) is 3.91. The first-order valence-corrected chi connectivity index (χ1v) is 7.01. The second kappa shape index (κ2) is 6.27. The van der Waals surface area contributed by atoms with E-state index in [0.29, 0.717) is 24.5 Å². The summed E-state index contributed by atoms with van der Waals surface area (Å²) in [4.78, 5) is 24.7. The monoisotopic (exact) mass is 295 g/mol. The Hall–Kier alpha value is -1.55. The molecule has 1 saturated heterocycles. The minimum atomic E-state index is -0.297. The van der Waals surface area contributed by atoms with Gasteiger partial charge in [-0.3, -0.25) is 9.59 Å². The molecule has 1 amide bonds. The van der Waals surface area contributed by atoms with E-state index < -0.39 is 0 Å². The summed E-state index contributed by atoms with van der Waals surface area (Å²) in [6.07, 6.45) is 1.20. The first-order valence-electron chi connectivity index (χ1n) is 6.63. The predicted octanol–water partition coefficient (Wildman–Crippen LogP) is 2.81. The highest BCUT2D eigenvalue weighted by molar-refractivity contribution is 6.30. The van der Waals surface area contributed by atoms with Gasteiger partial charge in [0.25, 0.3) is 0 Å². The molecule has 2 rings (SSSR count). The van der Waals surface area contributed by atoms with Crippen molar-refractivity contribution in [3.63, 3.8) is 0 Å². The van der Waals surface area contributed by atoms with Gasteiger partial charge in [-0.05, 0) is 24.1 Å². The van der Waals surface area contributed by atoms with Crippen molar-refractivity contribution in [1.82, 2.24) is 4.90 Å². The van der Waals surface area contributed by atoms with Crippen LogP contribution in [-0.4, -0.2) is 30.4 Å². The molecule has 0 aliphatic carbocycles. The molecule has 1 aliphatic heterocycles. The Morgan fingerprint density at radius 3 is 2.90 bits per heavy atom. The van der Waals surface area contributed by atoms with Gasteiger partial charge in [0.2, 0.25) is 5.91 Å². The molecule has 0 saturated carbocycles. The maximum atomic E-state index is 11.9. The number of amides is 1. The molecule has 1 aliphatic rings. The smallest absolute Gasteiger partial charge is 0.302 e. The zero-order chi connectivity index (χ0) is 14.7. The van der Waals surface area contributed by atoms with E-state index in [2.05, 4.69) is 0 Å². The minimum Gasteiger partial charge on any atom is -0.465 e. The first-order chi connectivity index (χ1) is 9.49. The summed E-state index contributed by atoms with van der Waals surface area (Å²) in [6, 6.07) is 7.38. The lowest BCUT2D eigenvalue weighted by molar-refractivity contribution is -0.146. The highest BCUT2D eigenvalue weighted by Gasteiger charge is 2.35. The molecular weight excluding hydrogens is 278 g/mol. The van der Waals surface area contributed by atoms with Crippen LogP contribution in [0.15, 0.2) is 24.3 Å². The maximum absolute atomic E-state index is 11.9. The lowest BCUT2D eigenvalue weighted by Crippen LogP contribution is -2.41. The van der Waals surface area contributed by atoms with Crippen molar-refractivity contribution in [3.05, 3.63) is 34.9 Å². The van der Waals surface area contributed by atoms with E-state index >= 15 is 0 Å². The highest BCUT2D eigenvalue weighted by Crippen LogP contribution is 2.36. The highest BCUT2D eigenvalue weighted by atomic mass is 35.5. The van der Waals surface area contributed by atoms with Gasteiger partial charge < -0.3 is 9.64 Å².